The molecule has 0 radical (unpaired) electrons. The second-order valence-corrected chi connectivity index (χ2v) is 6.35. The number of ether oxygens (including phenoxy) is 1. The van der Waals surface area contributed by atoms with Crippen LogP contribution in [0.5, 0.6) is 0 Å². The SMILES string of the molecule is OCC1(NC2CC2)CCCC(OCC2CC2)C1. The van der Waals surface area contributed by atoms with Crippen LogP contribution in [0, 0.1) is 5.92 Å². The minimum Gasteiger partial charge on any atom is -0.394 e. The minimum atomic E-state index is -0.0341. The third-order valence-electron chi connectivity index (χ3n) is 4.45. The molecule has 3 aliphatic carbocycles. The second kappa shape index (κ2) is 4.87. The van der Waals surface area contributed by atoms with Gasteiger partial charge in [0.2, 0.25) is 0 Å². The van der Waals surface area contributed by atoms with Crippen molar-refractivity contribution in [2.75, 3.05) is 13.2 Å². The summed E-state index contributed by atoms with van der Waals surface area (Å²) in [6.45, 7) is 1.22. The van der Waals surface area contributed by atoms with Gasteiger partial charge in [-0.05, 0) is 57.3 Å². The summed E-state index contributed by atoms with van der Waals surface area (Å²) in [5.41, 5.74) is -0.0341. The molecule has 0 aromatic rings. The summed E-state index contributed by atoms with van der Waals surface area (Å²) >= 11 is 0. The van der Waals surface area contributed by atoms with E-state index in [1.165, 1.54) is 38.5 Å². The van der Waals surface area contributed by atoms with Crippen molar-refractivity contribution < 1.29 is 9.84 Å². The number of hydrogen-bond acceptors (Lipinski definition) is 3. The van der Waals surface area contributed by atoms with E-state index in [1.807, 2.05) is 0 Å². The molecular formula is C14H25NO2. The number of hydrogen-bond donors (Lipinski definition) is 2. The lowest BCUT2D eigenvalue weighted by Crippen LogP contribution is -2.54. The third kappa shape index (κ3) is 3.21. The maximum Gasteiger partial charge on any atom is 0.0614 e. The smallest absolute Gasteiger partial charge is 0.0614 e. The highest BCUT2D eigenvalue weighted by atomic mass is 16.5. The Hall–Kier alpha value is -0.120. The molecule has 2 N–H and O–H groups in total. The molecule has 3 nitrogen and oxygen atoms in total. The lowest BCUT2D eigenvalue weighted by atomic mass is 9.80. The number of nitrogens with one attached hydrogen (secondary N) is 1. The molecule has 0 spiro atoms. The highest BCUT2D eigenvalue weighted by molar-refractivity contribution is 4.99. The first kappa shape index (κ1) is 11.9. The molecule has 2 atom stereocenters. The highest BCUT2D eigenvalue weighted by Gasteiger charge is 2.40. The predicted molar refractivity (Wildman–Crippen MR) is 66.9 cm³/mol. The topological polar surface area (TPSA) is 41.5 Å². The number of aliphatic hydroxyl groups is 1. The van der Waals surface area contributed by atoms with E-state index in [0.717, 1.165) is 25.4 Å². The summed E-state index contributed by atoms with van der Waals surface area (Å²) in [5, 5.41) is 13.4. The predicted octanol–water partition coefficient (Wildman–Crippen LogP) is 1.84. The van der Waals surface area contributed by atoms with Gasteiger partial charge in [-0.3, -0.25) is 0 Å². The Kier molecular flexibility index (Phi) is 3.42. The number of rotatable bonds is 6. The van der Waals surface area contributed by atoms with Crippen molar-refractivity contribution in [2.24, 2.45) is 5.92 Å². The van der Waals surface area contributed by atoms with Crippen LogP contribution in [0.25, 0.3) is 0 Å². The van der Waals surface area contributed by atoms with Gasteiger partial charge in [0.25, 0.3) is 0 Å². The number of aliphatic hydroxyl groups excluding tert-OH is 1. The largest absolute Gasteiger partial charge is 0.394 e. The van der Waals surface area contributed by atoms with Gasteiger partial charge < -0.3 is 15.2 Å². The Balaban J connectivity index is 1.51. The van der Waals surface area contributed by atoms with Crippen LogP contribution >= 0.6 is 0 Å². The van der Waals surface area contributed by atoms with E-state index in [-0.39, 0.29) is 12.1 Å². The van der Waals surface area contributed by atoms with Crippen molar-refractivity contribution in [3.8, 4) is 0 Å². The Bertz CT molecular complexity index is 263. The third-order valence-corrected chi connectivity index (χ3v) is 4.45. The fourth-order valence-corrected chi connectivity index (χ4v) is 2.99. The van der Waals surface area contributed by atoms with E-state index in [2.05, 4.69) is 5.32 Å². The first-order chi connectivity index (χ1) is 8.30. The lowest BCUT2D eigenvalue weighted by Gasteiger charge is -2.40. The average Bonchev–Trinajstić information content (AvgIpc) is 3.22. The fraction of sp³-hybridized carbons (Fsp3) is 1.00. The van der Waals surface area contributed by atoms with Crippen LogP contribution in [0.4, 0.5) is 0 Å². The van der Waals surface area contributed by atoms with Gasteiger partial charge in [0.15, 0.2) is 0 Å². The Morgan fingerprint density at radius 1 is 1.18 bits per heavy atom. The molecule has 3 aliphatic rings. The summed E-state index contributed by atoms with van der Waals surface area (Å²) in [6.07, 6.45) is 10.2. The van der Waals surface area contributed by atoms with Gasteiger partial charge in [-0.15, -0.1) is 0 Å². The van der Waals surface area contributed by atoms with Gasteiger partial charge in [0.05, 0.1) is 12.7 Å². The van der Waals surface area contributed by atoms with Crippen LogP contribution in [0.15, 0.2) is 0 Å². The van der Waals surface area contributed by atoms with Crippen LogP contribution in [-0.2, 0) is 4.74 Å². The molecule has 0 aromatic carbocycles. The molecule has 0 heterocycles. The molecule has 3 saturated carbocycles. The van der Waals surface area contributed by atoms with Crippen molar-refractivity contribution in [3.05, 3.63) is 0 Å². The molecule has 98 valence electrons. The molecule has 0 bridgehead atoms. The van der Waals surface area contributed by atoms with E-state index in [4.69, 9.17) is 4.74 Å². The van der Waals surface area contributed by atoms with E-state index < -0.39 is 0 Å². The monoisotopic (exact) mass is 239 g/mol. The van der Waals surface area contributed by atoms with Crippen LogP contribution in [0.2, 0.25) is 0 Å². The first-order valence-corrected chi connectivity index (χ1v) is 7.30. The summed E-state index contributed by atoms with van der Waals surface area (Å²) in [5.74, 6) is 0.844. The maximum absolute atomic E-state index is 9.71. The molecule has 3 rings (SSSR count). The second-order valence-electron chi connectivity index (χ2n) is 6.35. The zero-order valence-electron chi connectivity index (χ0n) is 10.7. The first-order valence-electron chi connectivity index (χ1n) is 7.30. The maximum atomic E-state index is 9.71. The molecule has 3 heteroatoms. The van der Waals surface area contributed by atoms with Gasteiger partial charge >= 0.3 is 0 Å². The van der Waals surface area contributed by atoms with Crippen LogP contribution in [0.3, 0.4) is 0 Å². The lowest BCUT2D eigenvalue weighted by molar-refractivity contribution is -0.0203. The fourth-order valence-electron chi connectivity index (χ4n) is 2.99. The van der Waals surface area contributed by atoms with Crippen molar-refractivity contribution >= 4 is 0 Å². The van der Waals surface area contributed by atoms with Gasteiger partial charge in [-0.25, -0.2) is 0 Å². The zero-order valence-corrected chi connectivity index (χ0v) is 10.7. The van der Waals surface area contributed by atoms with E-state index >= 15 is 0 Å². The summed E-state index contributed by atoms with van der Waals surface area (Å²) in [4.78, 5) is 0. The Labute approximate surface area is 104 Å². The van der Waals surface area contributed by atoms with Crippen LogP contribution < -0.4 is 5.32 Å². The normalized spacial score (nSPS) is 38.3. The van der Waals surface area contributed by atoms with Gasteiger partial charge in [0.1, 0.15) is 0 Å². The zero-order chi connectivity index (χ0) is 11.7. The Morgan fingerprint density at radius 3 is 2.65 bits per heavy atom. The van der Waals surface area contributed by atoms with Gasteiger partial charge in [0, 0.05) is 18.2 Å². The van der Waals surface area contributed by atoms with E-state index in [1.54, 1.807) is 0 Å². The molecule has 17 heavy (non-hydrogen) atoms. The van der Waals surface area contributed by atoms with Crippen LogP contribution in [0.1, 0.15) is 51.4 Å². The Morgan fingerprint density at radius 2 is 2.00 bits per heavy atom. The van der Waals surface area contributed by atoms with Gasteiger partial charge in [-0.2, -0.15) is 0 Å². The van der Waals surface area contributed by atoms with Crippen molar-refractivity contribution in [1.82, 2.24) is 5.32 Å². The molecule has 2 unspecified atom stereocenters. The molecule has 0 aromatic heterocycles. The van der Waals surface area contributed by atoms with Crippen LogP contribution in [-0.4, -0.2) is 36.0 Å². The molecule has 0 amide bonds. The minimum absolute atomic E-state index is 0.0341. The van der Waals surface area contributed by atoms with Gasteiger partial charge in [-0.1, -0.05) is 0 Å². The molecular weight excluding hydrogens is 214 g/mol. The highest BCUT2D eigenvalue weighted by Crippen LogP contribution is 2.35. The average molecular weight is 239 g/mol. The van der Waals surface area contributed by atoms with Crippen molar-refractivity contribution in [1.29, 1.82) is 0 Å². The standard InChI is InChI=1S/C14H25NO2/c16-10-14(15-12-5-6-12)7-1-2-13(8-14)17-9-11-3-4-11/h11-13,15-16H,1-10H2. The molecule has 0 aliphatic heterocycles. The summed E-state index contributed by atoms with van der Waals surface area (Å²) in [6, 6.07) is 0.671. The summed E-state index contributed by atoms with van der Waals surface area (Å²) < 4.78 is 6.01. The summed E-state index contributed by atoms with van der Waals surface area (Å²) in [7, 11) is 0. The van der Waals surface area contributed by atoms with Crippen molar-refractivity contribution in [2.45, 2.75) is 69.1 Å². The van der Waals surface area contributed by atoms with E-state index in [0.29, 0.717) is 12.1 Å². The molecule has 0 saturated heterocycles. The van der Waals surface area contributed by atoms with Crippen molar-refractivity contribution in [3.63, 3.8) is 0 Å². The quantitative estimate of drug-likeness (QED) is 0.743. The molecule has 3 fully saturated rings. The van der Waals surface area contributed by atoms with E-state index in [9.17, 15) is 5.11 Å².